The molecule has 3 rings (SSSR count). The van der Waals surface area contributed by atoms with Crippen molar-refractivity contribution in [3.63, 3.8) is 0 Å². The van der Waals surface area contributed by atoms with Crippen LogP contribution in [-0.2, 0) is 6.42 Å². The molecule has 0 radical (unpaired) electrons. The minimum absolute atomic E-state index is 0.155. The van der Waals surface area contributed by atoms with Crippen LogP contribution in [0.15, 0.2) is 24.4 Å². The van der Waals surface area contributed by atoms with E-state index in [1.807, 2.05) is 6.20 Å². The third-order valence-electron chi connectivity index (χ3n) is 3.40. The second-order valence-corrected chi connectivity index (χ2v) is 4.57. The first kappa shape index (κ1) is 9.85. The van der Waals surface area contributed by atoms with E-state index >= 15 is 0 Å². The van der Waals surface area contributed by atoms with Gasteiger partial charge in [-0.1, -0.05) is 0 Å². The summed E-state index contributed by atoms with van der Waals surface area (Å²) in [6.45, 7) is 2.20. The van der Waals surface area contributed by atoms with Gasteiger partial charge in [-0.05, 0) is 55.6 Å². The molecule has 0 saturated carbocycles. The van der Waals surface area contributed by atoms with E-state index in [0.29, 0.717) is 5.92 Å². The van der Waals surface area contributed by atoms with E-state index < -0.39 is 0 Å². The van der Waals surface area contributed by atoms with Gasteiger partial charge in [0.2, 0.25) is 0 Å². The monoisotopic (exact) mass is 218 g/mol. The molecule has 84 valence electrons. The maximum absolute atomic E-state index is 13.2. The summed E-state index contributed by atoms with van der Waals surface area (Å²) in [5.41, 5.74) is 2.27. The number of aromatic amines is 1. The van der Waals surface area contributed by atoms with Crippen molar-refractivity contribution in [2.45, 2.75) is 12.8 Å². The van der Waals surface area contributed by atoms with Crippen molar-refractivity contribution >= 4 is 10.9 Å². The van der Waals surface area contributed by atoms with Gasteiger partial charge in [0.25, 0.3) is 0 Å². The summed E-state index contributed by atoms with van der Waals surface area (Å²) in [5.74, 6) is 0.542. The molecule has 1 aromatic carbocycles. The van der Waals surface area contributed by atoms with Gasteiger partial charge in [-0.3, -0.25) is 0 Å². The van der Waals surface area contributed by atoms with Crippen LogP contribution in [0.3, 0.4) is 0 Å². The summed E-state index contributed by atoms with van der Waals surface area (Å²) in [6.07, 6.45) is 4.28. The number of hydrogen-bond donors (Lipinski definition) is 2. The quantitative estimate of drug-likeness (QED) is 0.796. The second-order valence-electron chi connectivity index (χ2n) is 4.57. The summed E-state index contributed by atoms with van der Waals surface area (Å²) < 4.78 is 13.2. The van der Waals surface area contributed by atoms with E-state index in [1.54, 1.807) is 12.1 Å². The summed E-state index contributed by atoms with van der Waals surface area (Å²) in [6, 6.07) is 4.93. The zero-order valence-corrected chi connectivity index (χ0v) is 9.09. The molecule has 0 bridgehead atoms. The van der Waals surface area contributed by atoms with Gasteiger partial charge in [-0.2, -0.15) is 0 Å². The topological polar surface area (TPSA) is 27.8 Å². The van der Waals surface area contributed by atoms with Gasteiger partial charge in [0.15, 0.2) is 0 Å². The highest BCUT2D eigenvalue weighted by atomic mass is 19.1. The highest BCUT2D eigenvalue weighted by Crippen LogP contribution is 2.23. The van der Waals surface area contributed by atoms with Crippen LogP contribution < -0.4 is 5.32 Å². The Hall–Kier alpha value is -1.35. The van der Waals surface area contributed by atoms with Gasteiger partial charge in [0, 0.05) is 17.1 Å². The molecule has 1 aliphatic rings. The van der Waals surface area contributed by atoms with Gasteiger partial charge < -0.3 is 10.3 Å². The molecular formula is C13H15FN2. The number of nitrogens with one attached hydrogen (secondary N) is 2. The Morgan fingerprint density at radius 1 is 1.38 bits per heavy atom. The number of aromatic nitrogens is 1. The third-order valence-corrected chi connectivity index (χ3v) is 3.40. The van der Waals surface area contributed by atoms with E-state index in [4.69, 9.17) is 0 Å². The van der Waals surface area contributed by atoms with Crippen molar-refractivity contribution in [2.75, 3.05) is 13.1 Å². The number of H-pyrrole nitrogens is 1. The van der Waals surface area contributed by atoms with E-state index in [1.165, 1.54) is 18.1 Å². The zero-order chi connectivity index (χ0) is 11.0. The average Bonchev–Trinajstić information content (AvgIpc) is 2.90. The number of benzene rings is 1. The summed E-state index contributed by atoms with van der Waals surface area (Å²) >= 11 is 0. The Balaban J connectivity index is 1.93. The van der Waals surface area contributed by atoms with Gasteiger partial charge in [0.05, 0.1) is 0 Å². The van der Waals surface area contributed by atoms with Gasteiger partial charge >= 0.3 is 0 Å². The molecule has 0 amide bonds. The lowest BCUT2D eigenvalue weighted by molar-refractivity contribution is 0.582. The van der Waals surface area contributed by atoms with Crippen molar-refractivity contribution in [2.24, 2.45) is 5.92 Å². The highest BCUT2D eigenvalue weighted by Gasteiger charge is 2.16. The Kier molecular flexibility index (Phi) is 2.40. The van der Waals surface area contributed by atoms with Crippen LogP contribution in [0.4, 0.5) is 4.39 Å². The van der Waals surface area contributed by atoms with Crippen LogP contribution in [0, 0.1) is 11.7 Å². The van der Waals surface area contributed by atoms with E-state index in [9.17, 15) is 4.39 Å². The van der Waals surface area contributed by atoms with Crippen molar-refractivity contribution in [1.82, 2.24) is 10.3 Å². The van der Waals surface area contributed by atoms with Crippen molar-refractivity contribution in [3.8, 4) is 0 Å². The summed E-state index contributed by atoms with van der Waals surface area (Å²) in [4.78, 5) is 3.20. The first-order chi connectivity index (χ1) is 7.83. The molecule has 2 N–H and O–H groups in total. The predicted molar refractivity (Wildman–Crippen MR) is 62.9 cm³/mol. The largest absolute Gasteiger partial charge is 0.361 e. The first-order valence-corrected chi connectivity index (χ1v) is 5.79. The molecule has 1 atom stereocenters. The fraction of sp³-hybridized carbons (Fsp3) is 0.385. The number of fused-ring (bicyclic) bond motifs is 1. The number of rotatable bonds is 2. The predicted octanol–water partition coefficient (Wildman–Crippen LogP) is 2.46. The minimum atomic E-state index is -0.155. The maximum Gasteiger partial charge on any atom is 0.123 e. The zero-order valence-electron chi connectivity index (χ0n) is 9.09. The SMILES string of the molecule is Fc1ccc2[nH]cc(CC3CCNC3)c2c1. The van der Waals surface area contributed by atoms with Gasteiger partial charge in [0.1, 0.15) is 5.82 Å². The van der Waals surface area contributed by atoms with Crippen molar-refractivity contribution in [3.05, 3.63) is 35.8 Å². The van der Waals surface area contributed by atoms with Crippen molar-refractivity contribution in [1.29, 1.82) is 0 Å². The fourth-order valence-electron chi connectivity index (χ4n) is 2.52. The van der Waals surface area contributed by atoms with Crippen LogP contribution in [-0.4, -0.2) is 18.1 Å². The van der Waals surface area contributed by atoms with Crippen LogP contribution in [0.5, 0.6) is 0 Å². The molecule has 1 saturated heterocycles. The van der Waals surface area contributed by atoms with Crippen LogP contribution in [0.2, 0.25) is 0 Å². The lowest BCUT2D eigenvalue weighted by Crippen LogP contribution is -2.10. The van der Waals surface area contributed by atoms with Crippen LogP contribution in [0.25, 0.3) is 10.9 Å². The standard InChI is InChI=1S/C13H15FN2/c14-11-1-2-13-12(6-11)10(8-16-13)5-9-3-4-15-7-9/h1-2,6,8-9,15-16H,3-5,7H2. The first-order valence-electron chi connectivity index (χ1n) is 5.79. The van der Waals surface area contributed by atoms with E-state index in [0.717, 1.165) is 30.4 Å². The summed E-state index contributed by atoms with van der Waals surface area (Å²) in [7, 11) is 0. The Morgan fingerprint density at radius 2 is 2.31 bits per heavy atom. The van der Waals surface area contributed by atoms with E-state index in [2.05, 4.69) is 10.3 Å². The molecule has 2 nitrogen and oxygen atoms in total. The Bertz CT molecular complexity index is 498. The fourth-order valence-corrected chi connectivity index (χ4v) is 2.52. The molecule has 0 aliphatic carbocycles. The van der Waals surface area contributed by atoms with Crippen LogP contribution in [0.1, 0.15) is 12.0 Å². The highest BCUT2D eigenvalue weighted by molar-refractivity contribution is 5.83. The lowest BCUT2D eigenvalue weighted by atomic mass is 9.98. The van der Waals surface area contributed by atoms with E-state index in [-0.39, 0.29) is 5.82 Å². The summed E-state index contributed by atoms with van der Waals surface area (Å²) in [5, 5.41) is 4.39. The number of halogens is 1. The molecule has 1 aliphatic heterocycles. The Labute approximate surface area is 93.9 Å². The molecule has 2 aromatic rings. The van der Waals surface area contributed by atoms with Crippen molar-refractivity contribution < 1.29 is 4.39 Å². The molecule has 1 unspecified atom stereocenters. The Morgan fingerprint density at radius 3 is 3.12 bits per heavy atom. The smallest absolute Gasteiger partial charge is 0.123 e. The molecule has 0 spiro atoms. The van der Waals surface area contributed by atoms with Gasteiger partial charge in [-0.25, -0.2) is 4.39 Å². The normalized spacial score (nSPS) is 20.7. The molecule has 16 heavy (non-hydrogen) atoms. The molecule has 1 fully saturated rings. The molecule has 2 heterocycles. The minimum Gasteiger partial charge on any atom is -0.361 e. The number of hydrogen-bond acceptors (Lipinski definition) is 1. The lowest BCUT2D eigenvalue weighted by Gasteiger charge is -2.06. The third kappa shape index (κ3) is 1.71. The molecule has 3 heteroatoms. The average molecular weight is 218 g/mol. The molecule has 1 aromatic heterocycles. The van der Waals surface area contributed by atoms with Gasteiger partial charge in [-0.15, -0.1) is 0 Å². The second kappa shape index (κ2) is 3.91. The molecular weight excluding hydrogens is 203 g/mol. The maximum atomic E-state index is 13.2. The van der Waals surface area contributed by atoms with Crippen LogP contribution >= 0.6 is 0 Å².